The van der Waals surface area contributed by atoms with Gasteiger partial charge in [0.15, 0.2) is 5.96 Å². The number of aliphatic imine (C=N–C) groups is 1. The quantitative estimate of drug-likeness (QED) is 0.197. The number of benzene rings is 1. The van der Waals surface area contributed by atoms with E-state index in [9.17, 15) is 12.8 Å². The van der Waals surface area contributed by atoms with Crippen LogP contribution in [0.2, 0.25) is 0 Å². The van der Waals surface area contributed by atoms with E-state index in [2.05, 4.69) is 15.6 Å². The van der Waals surface area contributed by atoms with E-state index in [1.807, 2.05) is 13.2 Å². The molecule has 0 aromatic heterocycles. The molecule has 10 heteroatoms. The molecule has 0 fully saturated rings. The summed E-state index contributed by atoms with van der Waals surface area (Å²) in [5.41, 5.74) is 1.93. The first-order valence-corrected chi connectivity index (χ1v) is 11.8. The fourth-order valence-electron chi connectivity index (χ4n) is 2.10. The lowest BCUT2D eigenvalue weighted by Crippen LogP contribution is -2.39. The van der Waals surface area contributed by atoms with Crippen molar-refractivity contribution in [1.82, 2.24) is 10.6 Å². The van der Waals surface area contributed by atoms with Gasteiger partial charge in [-0.15, -0.1) is 24.0 Å². The van der Waals surface area contributed by atoms with Crippen LogP contribution in [-0.4, -0.2) is 58.9 Å². The molecule has 1 aromatic rings. The van der Waals surface area contributed by atoms with Crippen molar-refractivity contribution >= 4 is 51.5 Å². The van der Waals surface area contributed by atoms with Crippen molar-refractivity contribution in [1.29, 1.82) is 0 Å². The summed E-state index contributed by atoms with van der Waals surface area (Å²) in [5, 5.41) is 6.28. The molecule has 0 saturated carbocycles. The van der Waals surface area contributed by atoms with Crippen molar-refractivity contribution in [3.63, 3.8) is 0 Å². The summed E-state index contributed by atoms with van der Waals surface area (Å²) in [5.74, 6) is 1.15. The Morgan fingerprint density at radius 2 is 2.00 bits per heavy atom. The number of sulfone groups is 1. The Hall–Kier alpha value is -0.590. The van der Waals surface area contributed by atoms with Crippen molar-refractivity contribution in [3.05, 3.63) is 35.1 Å². The highest BCUT2D eigenvalue weighted by atomic mass is 127. The van der Waals surface area contributed by atoms with Gasteiger partial charge in [-0.3, -0.25) is 0 Å². The second kappa shape index (κ2) is 14.4. The predicted octanol–water partition coefficient (Wildman–Crippen LogP) is 2.42. The highest BCUT2D eigenvalue weighted by molar-refractivity contribution is 14.0. The molecule has 6 nitrogen and oxygen atoms in total. The maximum Gasteiger partial charge on any atom is 0.191 e. The lowest BCUT2D eigenvalue weighted by Gasteiger charge is -2.12. The zero-order chi connectivity index (χ0) is 19.4. The van der Waals surface area contributed by atoms with Gasteiger partial charge in [-0.05, 0) is 36.4 Å². The molecule has 0 radical (unpaired) electrons. The van der Waals surface area contributed by atoms with Gasteiger partial charge in [-0.1, -0.05) is 6.07 Å². The molecule has 1 rings (SSSR count). The lowest BCUT2D eigenvalue weighted by molar-refractivity contribution is 0.154. The van der Waals surface area contributed by atoms with E-state index in [1.165, 1.54) is 12.3 Å². The van der Waals surface area contributed by atoms with E-state index in [1.54, 1.807) is 23.9 Å². The number of nitrogens with one attached hydrogen (secondary N) is 2. The number of halogens is 2. The topological polar surface area (TPSA) is 79.8 Å². The summed E-state index contributed by atoms with van der Waals surface area (Å²) in [4.78, 5) is 4.52. The van der Waals surface area contributed by atoms with E-state index in [0.717, 1.165) is 16.9 Å². The minimum atomic E-state index is -3.00. The number of thioether (sulfide) groups is 1. The third-order valence-electron chi connectivity index (χ3n) is 3.36. The summed E-state index contributed by atoms with van der Waals surface area (Å²) in [6.07, 6.45) is 3.17. The molecule has 0 spiro atoms. The average Bonchev–Trinajstić information content (AvgIpc) is 2.56. The average molecular weight is 533 g/mol. The molecule has 0 unspecified atom stereocenters. The van der Waals surface area contributed by atoms with Gasteiger partial charge in [0.05, 0.1) is 25.5 Å². The predicted molar refractivity (Wildman–Crippen MR) is 122 cm³/mol. The fraction of sp³-hybridized carbons (Fsp3) is 0.588. The molecule has 0 atom stereocenters. The van der Waals surface area contributed by atoms with Crippen LogP contribution in [0.25, 0.3) is 0 Å². The standard InChI is InChI=1S/C17H28FN3O3S2.HI/c1-4-19-17(20-7-8-24-9-10-26(3,22)23)21-12-14-5-6-16(18)11-15(14)13-25-2;/h5-6,11H,4,7-10,12-13H2,1-3H3,(H2,19,20,21);1H. The fourth-order valence-corrected chi connectivity index (χ4v) is 3.10. The van der Waals surface area contributed by atoms with E-state index in [0.29, 0.717) is 32.2 Å². The smallest absolute Gasteiger partial charge is 0.191 e. The van der Waals surface area contributed by atoms with Crippen LogP contribution < -0.4 is 10.6 Å². The van der Waals surface area contributed by atoms with Crippen LogP contribution in [0.5, 0.6) is 0 Å². The summed E-state index contributed by atoms with van der Waals surface area (Å²) >= 11 is 1.64. The molecular formula is C17H29FIN3O3S2. The number of hydrogen-bond donors (Lipinski definition) is 2. The second-order valence-electron chi connectivity index (χ2n) is 5.71. The Labute approximate surface area is 183 Å². The van der Waals surface area contributed by atoms with Gasteiger partial charge in [0.2, 0.25) is 0 Å². The number of hydrogen-bond acceptors (Lipinski definition) is 5. The van der Waals surface area contributed by atoms with Gasteiger partial charge in [-0.2, -0.15) is 11.8 Å². The van der Waals surface area contributed by atoms with Crippen LogP contribution >= 0.6 is 35.7 Å². The maximum atomic E-state index is 13.4. The van der Waals surface area contributed by atoms with Crippen molar-refractivity contribution in [2.24, 2.45) is 4.99 Å². The second-order valence-corrected chi connectivity index (χ2v) is 8.84. The zero-order valence-corrected chi connectivity index (χ0v) is 19.9. The Balaban J connectivity index is 0.00000676. The van der Waals surface area contributed by atoms with Gasteiger partial charge in [0, 0.05) is 25.1 Å². The molecule has 0 saturated heterocycles. The molecular weight excluding hydrogens is 504 g/mol. The molecule has 0 amide bonds. The molecule has 27 heavy (non-hydrogen) atoms. The van der Waals surface area contributed by atoms with Crippen LogP contribution in [0.1, 0.15) is 18.1 Å². The minimum absolute atomic E-state index is 0. The molecule has 1 aromatic carbocycles. The molecule has 0 heterocycles. The summed E-state index contributed by atoms with van der Waals surface area (Å²) < 4.78 is 40.8. The number of rotatable bonds is 11. The van der Waals surface area contributed by atoms with Gasteiger partial charge in [0.1, 0.15) is 15.7 Å². The Kier molecular flexibility index (Phi) is 14.1. The molecule has 2 N–H and O–H groups in total. The van der Waals surface area contributed by atoms with Crippen molar-refractivity contribution in [2.75, 3.05) is 44.6 Å². The van der Waals surface area contributed by atoms with Gasteiger partial charge < -0.3 is 15.4 Å². The van der Waals surface area contributed by atoms with E-state index in [-0.39, 0.29) is 42.2 Å². The highest BCUT2D eigenvalue weighted by Gasteiger charge is 2.05. The Bertz CT molecular complexity index is 688. The Morgan fingerprint density at radius 1 is 1.26 bits per heavy atom. The third-order valence-corrected chi connectivity index (χ3v) is 4.87. The maximum absolute atomic E-state index is 13.4. The minimum Gasteiger partial charge on any atom is -0.379 e. The summed E-state index contributed by atoms with van der Waals surface area (Å²) in [7, 11) is -3.00. The third kappa shape index (κ3) is 12.5. The number of nitrogens with zero attached hydrogens (tertiary/aromatic N) is 1. The molecule has 0 aliphatic carbocycles. The first-order valence-electron chi connectivity index (χ1n) is 8.39. The first kappa shape index (κ1) is 26.4. The molecule has 0 aliphatic rings. The van der Waals surface area contributed by atoms with Crippen molar-refractivity contribution < 1.29 is 17.5 Å². The summed E-state index contributed by atoms with van der Waals surface area (Å²) in [6, 6.07) is 4.77. The van der Waals surface area contributed by atoms with E-state index < -0.39 is 9.84 Å². The van der Waals surface area contributed by atoms with E-state index >= 15 is 0 Å². The van der Waals surface area contributed by atoms with Crippen molar-refractivity contribution in [2.45, 2.75) is 19.2 Å². The number of guanidine groups is 1. The van der Waals surface area contributed by atoms with Crippen LogP contribution in [0.3, 0.4) is 0 Å². The van der Waals surface area contributed by atoms with Gasteiger partial charge in [-0.25, -0.2) is 17.8 Å². The molecule has 0 aliphatic heterocycles. The lowest BCUT2D eigenvalue weighted by atomic mass is 10.1. The molecule has 156 valence electrons. The Morgan fingerprint density at radius 3 is 2.63 bits per heavy atom. The first-order chi connectivity index (χ1) is 12.4. The number of ether oxygens (including phenoxy) is 1. The normalized spacial score (nSPS) is 11.8. The van der Waals surface area contributed by atoms with E-state index in [4.69, 9.17) is 4.74 Å². The highest BCUT2D eigenvalue weighted by Crippen LogP contribution is 2.17. The molecule has 0 bridgehead atoms. The van der Waals surface area contributed by atoms with Gasteiger partial charge in [0.25, 0.3) is 0 Å². The van der Waals surface area contributed by atoms with Crippen LogP contribution in [-0.2, 0) is 26.9 Å². The van der Waals surface area contributed by atoms with Gasteiger partial charge >= 0.3 is 0 Å². The monoisotopic (exact) mass is 533 g/mol. The van der Waals surface area contributed by atoms with Crippen LogP contribution in [0.4, 0.5) is 4.39 Å². The zero-order valence-electron chi connectivity index (χ0n) is 16.0. The SMILES string of the molecule is CCNC(=NCc1ccc(F)cc1CSC)NCCOCCS(C)(=O)=O.I. The van der Waals surface area contributed by atoms with Crippen molar-refractivity contribution in [3.8, 4) is 0 Å². The van der Waals surface area contributed by atoms with Crippen LogP contribution in [0, 0.1) is 5.82 Å². The van der Waals surface area contributed by atoms with Crippen LogP contribution in [0.15, 0.2) is 23.2 Å². The largest absolute Gasteiger partial charge is 0.379 e. The summed E-state index contributed by atoms with van der Waals surface area (Å²) in [6.45, 7) is 4.20.